The number of rotatable bonds is 3. The van der Waals surface area contributed by atoms with Gasteiger partial charge >= 0.3 is 0 Å². The van der Waals surface area contributed by atoms with Gasteiger partial charge in [0.15, 0.2) is 0 Å². The molecule has 0 aliphatic heterocycles. The average Bonchev–Trinajstić information content (AvgIpc) is 3.13. The van der Waals surface area contributed by atoms with Crippen LogP contribution in [0.1, 0.15) is 17.4 Å². The van der Waals surface area contributed by atoms with E-state index in [9.17, 15) is 0 Å². The maximum absolute atomic E-state index is 5.99. The summed E-state index contributed by atoms with van der Waals surface area (Å²) in [5, 5.41) is 5.54. The minimum atomic E-state index is -0.0268. The van der Waals surface area contributed by atoms with E-state index in [0.29, 0.717) is 0 Å². The summed E-state index contributed by atoms with van der Waals surface area (Å²) < 4.78 is 11.6. The highest BCUT2D eigenvalue weighted by molar-refractivity contribution is 5.83. The van der Waals surface area contributed by atoms with Crippen molar-refractivity contribution in [2.75, 3.05) is 7.05 Å². The van der Waals surface area contributed by atoms with Gasteiger partial charge in [-0.2, -0.15) is 0 Å². The molecule has 0 saturated carbocycles. The van der Waals surface area contributed by atoms with Crippen molar-refractivity contribution in [1.29, 1.82) is 0 Å². The zero-order chi connectivity index (χ0) is 14.2. The number of nitrogens with one attached hydrogen (secondary N) is 1. The minimum Gasteiger partial charge on any atom is -0.464 e. The molecule has 0 saturated heterocycles. The first-order valence-corrected chi connectivity index (χ1v) is 6.98. The molecule has 0 radical (unpaired) electrons. The summed E-state index contributed by atoms with van der Waals surface area (Å²) in [6, 6.07) is 18.1. The maximum Gasteiger partial charge on any atom is 0.134 e. The van der Waals surface area contributed by atoms with Crippen molar-refractivity contribution in [2.45, 2.75) is 6.04 Å². The number of furan rings is 2. The standard InChI is InChI=1S/C18H15NO2/c1-19-18(14-11-20-16-9-5-3-7-13(14)16)17-10-12-6-2-4-8-15(12)21-17/h2-11,18-19H,1H3. The Morgan fingerprint density at radius 3 is 2.52 bits per heavy atom. The van der Waals surface area contributed by atoms with Crippen molar-refractivity contribution in [3.63, 3.8) is 0 Å². The largest absolute Gasteiger partial charge is 0.464 e. The first kappa shape index (κ1) is 12.2. The molecule has 4 aromatic rings. The highest BCUT2D eigenvalue weighted by atomic mass is 16.3. The Labute approximate surface area is 122 Å². The third kappa shape index (κ3) is 1.94. The molecule has 2 aromatic carbocycles. The lowest BCUT2D eigenvalue weighted by molar-refractivity contribution is 0.488. The van der Waals surface area contributed by atoms with Gasteiger partial charge in [0.1, 0.15) is 16.9 Å². The van der Waals surface area contributed by atoms with Gasteiger partial charge in [-0.05, 0) is 25.2 Å². The fraction of sp³-hybridized carbons (Fsp3) is 0.111. The van der Waals surface area contributed by atoms with Gasteiger partial charge in [-0.25, -0.2) is 0 Å². The van der Waals surface area contributed by atoms with Crippen LogP contribution in [-0.4, -0.2) is 7.05 Å². The molecule has 0 fully saturated rings. The summed E-state index contributed by atoms with van der Waals surface area (Å²) in [7, 11) is 1.93. The van der Waals surface area contributed by atoms with Crippen LogP contribution in [0.4, 0.5) is 0 Å². The fourth-order valence-corrected chi connectivity index (χ4v) is 2.82. The van der Waals surface area contributed by atoms with Gasteiger partial charge in [0, 0.05) is 16.3 Å². The van der Waals surface area contributed by atoms with Crippen molar-refractivity contribution in [2.24, 2.45) is 0 Å². The van der Waals surface area contributed by atoms with E-state index in [0.717, 1.165) is 33.3 Å². The minimum absolute atomic E-state index is 0.0268. The predicted molar refractivity (Wildman–Crippen MR) is 83.3 cm³/mol. The Balaban J connectivity index is 1.87. The van der Waals surface area contributed by atoms with Crippen LogP contribution < -0.4 is 5.32 Å². The summed E-state index contributed by atoms with van der Waals surface area (Å²) in [6.45, 7) is 0. The third-order valence-corrected chi connectivity index (χ3v) is 3.84. The second kappa shape index (κ2) is 4.79. The lowest BCUT2D eigenvalue weighted by atomic mass is 10.0. The first-order chi connectivity index (χ1) is 10.4. The van der Waals surface area contributed by atoms with Gasteiger partial charge in [0.2, 0.25) is 0 Å². The van der Waals surface area contributed by atoms with Crippen molar-refractivity contribution >= 4 is 21.9 Å². The summed E-state index contributed by atoms with van der Waals surface area (Å²) in [5.74, 6) is 0.894. The number of benzene rings is 2. The van der Waals surface area contributed by atoms with Gasteiger partial charge in [0.25, 0.3) is 0 Å². The Morgan fingerprint density at radius 1 is 0.952 bits per heavy atom. The molecule has 0 aliphatic rings. The third-order valence-electron chi connectivity index (χ3n) is 3.84. The van der Waals surface area contributed by atoms with Crippen molar-refractivity contribution in [1.82, 2.24) is 5.32 Å². The Kier molecular flexibility index (Phi) is 2.79. The quantitative estimate of drug-likeness (QED) is 0.599. The van der Waals surface area contributed by atoms with E-state index >= 15 is 0 Å². The van der Waals surface area contributed by atoms with Gasteiger partial charge in [-0.3, -0.25) is 0 Å². The number of hydrogen-bond donors (Lipinski definition) is 1. The molecule has 4 rings (SSSR count). The average molecular weight is 277 g/mol. The zero-order valence-corrected chi connectivity index (χ0v) is 11.7. The molecule has 3 heteroatoms. The van der Waals surface area contributed by atoms with Crippen LogP contribution in [0.25, 0.3) is 21.9 Å². The normalized spacial score (nSPS) is 13.0. The van der Waals surface area contributed by atoms with E-state index in [-0.39, 0.29) is 6.04 Å². The highest BCUT2D eigenvalue weighted by Crippen LogP contribution is 2.33. The number of hydrogen-bond acceptors (Lipinski definition) is 3. The predicted octanol–water partition coefficient (Wildman–Crippen LogP) is 4.49. The second-order valence-corrected chi connectivity index (χ2v) is 5.10. The van der Waals surface area contributed by atoms with E-state index in [2.05, 4.69) is 23.5 Å². The van der Waals surface area contributed by atoms with E-state index in [4.69, 9.17) is 8.83 Å². The lowest BCUT2D eigenvalue weighted by Crippen LogP contribution is -2.16. The van der Waals surface area contributed by atoms with Crippen molar-refractivity contribution in [3.05, 3.63) is 72.2 Å². The summed E-state index contributed by atoms with van der Waals surface area (Å²) in [5.41, 5.74) is 2.89. The molecule has 3 nitrogen and oxygen atoms in total. The van der Waals surface area contributed by atoms with Crippen molar-refractivity contribution < 1.29 is 8.83 Å². The Morgan fingerprint density at radius 2 is 1.71 bits per heavy atom. The van der Waals surface area contributed by atoms with Crippen LogP contribution in [-0.2, 0) is 0 Å². The number of para-hydroxylation sites is 2. The van der Waals surface area contributed by atoms with E-state index in [1.54, 1.807) is 6.26 Å². The zero-order valence-electron chi connectivity index (χ0n) is 11.7. The van der Waals surface area contributed by atoms with Gasteiger partial charge in [0.05, 0.1) is 12.3 Å². The SMILES string of the molecule is CNC(c1cc2ccccc2o1)c1coc2ccccc12. The lowest BCUT2D eigenvalue weighted by Gasteiger charge is -2.11. The molecular weight excluding hydrogens is 262 g/mol. The Hall–Kier alpha value is -2.52. The molecule has 0 spiro atoms. The van der Waals surface area contributed by atoms with Crippen LogP contribution in [0.5, 0.6) is 0 Å². The van der Waals surface area contributed by atoms with Gasteiger partial charge in [-0.1, -0.05) is 36.4 Å². The van der Waals surface area contributed by atoms with Crippen LogP contribution in [0.2, 0.25) is 0 Å². The molecule has 0 amide bonds. The van der Waals surface area contributed by atoms with Crippen LogP contribution in [0.3, 0.4) is 0 Å². The summed E-state index contributed by atoms with van der Waals surface area (Å²) in [4.78, 5) is 0. The van der Waals surface area contributed by atoms with E-state index < -0.39 is 0 Å². The molecular formula is C18H15NO2. The second-order valence-electron chi connectivity index (χ2n) is 5.10. The first-order valence-electron chi connectivity index (χ1n) is 6.98. The smallest absolute Gasteiger partial charge is 0.134 e. The summed E-state index contributed by atoms with van der Waals surface area (Å²) >= 11 is 0. The molecule has 0 aliphatic carbocycles. The highest BCUT2D eigenvalue weighted by Gasteiger charge is 2.20. The van der Waals surface area contributed by atoms with Gasteiger partial charge in [-0.15, -0.1) is 0 Å². The van der Waals surface area contributed by atoms with Crippen LogP contribution in [0.15, 0.2) is 69.7 Å². The van der Waals surface area contributed by atoms with Crippen molar-refractivity contribution in [3.8, 4) is 0 Å². The molecule has 1 atom stereocenters. The van der Waals surface area contributed by atoms with Gasteiger partial charge < -0.3 is 14.2 Å². The molecule has 21 heavy (non-hydrogen) atoms. The van der Waals surface area contributed by atoms with Crippen LogP contribution in [0, 0.1) is 0 Å². The Bertz CT molecular complexity index is 871. The monoisotopic (exact) mass is 277 g/mol. The number of fused-ring (bicyclic) bond motifs is 2. The molecule has 1 unspecified atom stereocenters. The van der Waals surface area contributed by atoms with Crippen LogP contribution >= 0.6 is 0 Å². The fourth-order valence-electron chi connectivity index (χ4n) is 2.82. The maximum atomic E-state index is 5.99. The molecule has 2 aromatic heterocycles. The summed E-state index contributed by atoms with van der Waals surface area (Å²) in [6.07, 6.45) is 1.80. The van der Waals surface area contributed by atoms with E-state index in [1.165, 1.54) is 0 Å². The van der Waals surface area contributed by atoms with E-state index in [1.807, 2.05) is 43.4 Å². The molecule has 0 bridgehead atoms. The topological polar surface area (TPSA) is 38.3 Å². The molecule has 1 N–H and O–H groups in total. The molecule has 2 heterocycles. The molecule has 104 valence electrons.